The first-order chi connectivity index (χ1) is 10.2. The second-order valence-electron chi connectivity index (χ2n) is 4.73. The first-order valence-corrected chi connectivity index (χ1v) is 7.59. The van der Waals surface area contributed by atoms with Crippen molar-refractivity contribution in [2.75, 3.05) is 25.7 Å². The molecule has 1 aliphatic rings. The van der Waals surface area contributed by atoms with E-state index in [4.69, 9.17) is 9.47 Å². The van der Waals surface area contributed by atoms with E-state index >= 15 is 0 Å². The molecule has 1 aliphatic heterocycles. The molecule has 5 nitrogen and oxygen atoms in total. The highest BCUT2D eigenvalue weighted by molar-refractivity contribution is 7.14. The smallest absolute Gasteiger partial charge is 0.228 e. The fourth-order valence-electron chi connectivity index (χ4n) is 2.37. The lowest BCUT2D eigenvalue weighted by Crippen LogP contribution is -2.23. The van der Waals surface area contributed by atoms with Crippen LogP contribution in [0.1, 0.15) is 12.8 Å². The summed E-state index contributed by atoms with van der Waals surface area (Å²) in [5.41, 5.74) is 1.79. The maximum atomic E-state index is 11.8. The number of carbonyl (C=O) groups is 1. The van der Waals surface area contributed by atoms with Gasteiger partial charge in [0, 0.05) is 23.9 Å². The van der Waals surface area contributed by atoms with Crippen LogP contribution in [0.25, 0.3) is 11.3 Å². The Morgan fingerprint density at radius 1 is 1.24 bits per heavy atom. The molecule has 0 aliphatic carbocycles. The van der Waals surface area contributed by atoms with E-state index < -0.39 is 0 Å². The van der Waals surface area contributed by atoms with E-state index in [0.717, 1.165) is 29.4 Å². The molecule has 1 aromatic carbocycles. The fourth-order valence-corrected chi connectivity index (χ4v) is 3.24. The third kappa shape index (κ3) is 2.58. The van der Waals surface area contributed by atoms with Crippen LogP contribution in [0.4, 0.5) is 5.13 Å². The van der Waals surface area contributed by atoms with E-state index in [0.29, 0.717) is 17.9 Å². The number of anilines is 1. The molecule has 2 heterocycles. The Labute approximate surface area is 127 Å². The number of benzene rings is 1. The van der Waals surface area contributed by atoms with Crippen molar-refractivity contribution in [1.29, 1.82) is 0 Å². The molecule has 0 saturated carbocycles. The highest BCUT2D eigenvalue weighted by Gasteiger charge is 2.24. The van der Waals surface area contributed by atoms with Gasteiger partial charge in [0.25, 0.3) is 0 Å². The molecule has 2 aromatic rings. The van der Waals surface area contributed by atoms with E-state index in [1.165, 1.54) is 11.3 Å². The van der Waals surface area contributed by atoms with Crippen LogP contribution in [-0.2, 0) is 4.79 Å². The van der Waals surface area contributed by atoms with Gasteiger partial charge in [0.15, 0.2) is 16.6 Å². The number of aromatic nitrogens is 1. The largest absolute Gasteiger partial charge is 0.493 e. The molecule has 21 heavy (non-hydrogen) atoms. The Morgan fingerprint density at radius 2 is 2.05 bits per heavy atom. The van der Waals surface area contributed by atoms with Crippen LogP contribution in [-0.4, -0.2) is 31.7 Å². The molecule has 0 unspecified atom stereocenters. The van der Waals surface area contributed by atoms with Crippen molar-refractivity contribution in [3.05, 3.63) is 23.6 Å². The summed E-state index contributed by atoms with van der Waals surface area (Å²) in [6, 6.07) is 5.68. The van der Waals surface area contributed by atoms with Gasteiger partial charge in [-0.3, -0.25) is 9.69 Å². The normalized spacial score (nSPS) is 14.6. The van der Waals surface area contributed by atoms with Crippen LogP contribution in [0.15, 0.2) is 23.6 Å². The summed E-state index contributed by atoms with van der Waals surface area (Å²) in [4.78, 5) is 18.1. The molecule has 3 rings (SSSR count). The Hall–Kier alpha value is -2.08. The molecule has 1 amide bonds. The highest BCUT2D eigenvalue weighted by atomic mass is 32.1. The second kappa shape index (κ2) is 5.73. The molecule has 0 N–H and O–H groups in total. The number of methoxy groups -OCH3 is 2. The molecular weight excluding hydrogens is 288 g/mol. The second-order valence-corrected chi connectivity index (χ2v) is 5.57. The van der Waals surface area contributed by atoms with Crippen molar-refractivity contribution >= 4 is 22.4 Å². The van der Waals surface area contributed by atoms with Gasteiger partial charge in [0.1, 0.15) is 0 Å². The molecule has 1 saturated heterocycles. The SMILES string of the molecule is COc1ccc(-c2csc(N3CCCC3=O)n2)cc1OC. The number of rotatable bonds is 4. The minimum absolute atomic E-state index is 0.156. The van der Waals surface area contributed by atoms with Crippen LogP contribution in [0.5, 0.6) is 11.5 Å². The fraction of sp³-hybridized carbons (Fsp3) is 0.333. The van der Waals surface area contributed by atoms with Crippen LogP contribution in [0, 0.1) is 0 Å². The Morgan fingerprint density at radius 3 is 2.71 bits per heavy atom. The number of hydrogen-bond donors (Lipinski definition) is 0. The average Bonchev–Trinajstić information content (AvgIpc) is 3.15. The van der Waals surface area contributed by atoms with Crippen molar-refractivity contribution in [2.24, 2.45) is 0 Å². The monoisotopic (exact) mass is 304 g/mol. The predicted octanol–water partition coefficient (Wildman–Crippen LogP) is 2.95. The van der Waals surface area contributed by atoms with Crippen LogP contribution >= 0.6 is 11.3 Å². The van der Waals surface area contributed by atoms with Crippen molar-refractivity contribution in [2.45, 2.75) is 12.8 Å². The third-order valence-electron chi connectivity index (χ3n) is 3.48. The first-order valence-electron chi connectivity index (χ1n) is 6.71. The van der Waals surface area contributed by atoms with Gasteiger partial charge in [-0.1, -0.05) is 0 Å². The summed E-state index contributed by atoms with van der Waals surface area (Å²) in [5.74, 6) is 1.51. The minimum Gasteiger partial charge on any atom is -0.493 e. The van der Waals surface area contributed by atoms with Crippen molar-refractivity contribution < 1.29 is 14.3 Å². The van der Waals surface area contributed by atoms with Gasteiger partial charge in [0.05, 0.1) is 19.9 Å². The Balaban J connectivity index is 1.91. The van der Waals surface area contributed by atoms with Crippen molar-refractivity contribution in [3.8, 4) is 22.8 Å². The molecule has 0 bridgehead atoms. The van der Waals surface area contributed by atoms with E-state index in [2.05, 4.69) is 4.98 Å². The van der Waals surface area contributed by atoms with Gasteiger partial charge in [-0.15, -0.1) is 11.3 Å². The zero-order chi connectivity index (χ0) is 14.8. The standard InChI is InChI=1S/C15H16N2O3S/c1-19-12-6-5-10(8-13(12)20-2)11-9-21-15(16-11)17-7-3-4-14(17)18/h5-6,8-9H,3-4,7H2,1-2H3. The lowest BCUT2D eigenvalue weighted by molar-refractivity contribution is -0.117. The van der Waals surface area contributed by atoms with Gasteiger partial charge in [-0.25, -0.2) is 4.98 Å². The van der Waals surface area contributed by atoms with E-state index in [1.807, 2.05) is 23.6 Å². The predicted molar refractivity (Wildman–Crippen MR) is 82.2 cm³/mol. The molecule has 0 atom stereocenters. The lowest BCUT2D eigenvalue weighted by atomic mass is 10.1. The quantitative estimate of drug-likeness (QED) is 0.871. The number of hydrogen-bond acceptors (Lipinski definition) is 5. The summed E-state index contributed by atoms with van der Waals surface area (Å²) in [7, 11) is 3.22. The summed E-state index contributed by atoms with van der Waals surface area (Å²) in [6.07, 6.45) is 1.52. The van der Waals surface area contributed by atoms with Crippen LogP contribution in [0.2, 0.25) is 0 Å². The first kappa shape index (κ1) is 13.9. The van der Waals surface area contributed by atoms with Crippen molar-refractivity contribution in [3.63, 3.8) is 0 Å². The Bertz CT molecular complexity index is 669. The topological polar surface area (TPSA) is 51.7 Å². The van der Waals surface area contributed by atoms with Gasteiger partial charge in [-0.2, -0.15) is 0 Å². The lowest BCUT2D eigenvalue weighted by Gasteiger charge is -2.10. The van der Waals surface area contributed by atoms with Gasteiger partial charge >= 0.3 is 0 Å². The number of ether oxygens (including phenoxy) is 2. The number of carbonyl (C=O) groups excluding carboxylic acids is 1. The summed E-state index contributed by atoms with van der Waals surface area (Å²) >= 11 is 1.49. The van der Waals surface area contributed by atoms with Crippen LogP contribution < -0.4 is 14.4 Å². The summed E-state index contributed by atoms with van der Waals surface area (Å²) < 4.78 is 10.5. The number of amides is 1. The molecule has 110 valence electrons. The zero-order valence-electron chi connectivity index (χ0n) is 12.0. The number of nitrogens with zero attached hydrogens (tertiary/aromatic N) is 2. The molecule has 0 radical (unpaired) electrons. The van der Waals surface area contributed by atoms with Crippen LogP contribution in [0.3, 0.4) is 0 Å². The number of thiazole rings is 1. The highest BCUT2D eigenvalue weighted by Crippen LogP contribution is 2.34. The van der Waals surface area contributed by atoms with Gasteiger partial charge < -0.3 is 9.47 Å². The van der Waals surface area contributed by atoms with Gasteiger partial charge in [-0.05, 0) is 24.6 Å². The minimum atomic E-state index is 0.156. The molecule has 0 spiro atoms. The Kier molecular flexibility index (Phi) is 3.79. The van der Waals surface area contributed by atoms with E-state index in [-0.39, 0.29) is 5.91 Å². The van der Waals surface area contributed by atoms with E-state index in [1.54, 1.807) is 19.1 Å². The zero-order valence-corrected chi connectivity index (χ0v) is 12.8. The molecule has 6 heteroatoms. The van der Waals surface area contributed by atoms with Gasteiger partial charge in [0.2, 0.25) is 5.91 Å². The maximum Gasteiger partial charge on any atom is 0.228 e. The maximum absolute atomic E-state index is 11.8. The molecule has 1 aromatic heterocycles. The van der Waals surface area contributed by atoms with E-state index in [9.17, 15) is 4.79 Å². The molecular formula is C15H16N2O3S. The molecule has 1 fully saturated rings. The summed E-state index contributed by atoms with van der Waals surface area (Å²) in [6.45, 7) is 0.762. The third-order valence-corrected chi connectivity index (χ3v) is 4.34. The average molecular weight is 304 g/mol. The van der Waals surface area contributed by atoms with Crippen molar-refractivity contribution in [1.82, 2.24) is 4.98 Å². The summed E-state index contributed by atoms with van der Waals surface area (Å²) in [5, 5.41) is 2.73.